The molecule has 0 radical (unpaired) electrons. The van der Waals surface area contributed by atoms with Crippen LogP contribution < -0.4 is 5.73 Å². The van der Waals surface area contributed by atoms with E-state index in [4.69, 9.17) is 10.8 Å². The van der Waals surface area contributed by atoms with Crippen LogP contribution in [-0.4, -0.2) is 35.0 Å². The van der Waals surface area contributed by atoms with E-state index >= 15 is 0 Å². The molecule has 102 valence electrons. The van der Waals surface area contributed by atoms with Gasteiger partial charge in [0.15, 0.2) is 0 Å². The van der Waals surface area contributed by atoms with Crippen molar-refractivity contribution < 1.29 is 14.7 Å². The Hall–Kier alpha value is -2.04. The molecule has 5 heteroatoms. The van der Waals surface area contributed by atoms with Crippen molar-refractivity contribution in [1.82, 2.24) is 4.90 Å². The fraction of sp³-hybridized carbons (Fsp3) is 0.429. The highest BCUT2D eigenvalue weighted by atomic mass is 16.4. The van der Waals surface area contributed by atoms with Crippen LogP contribution in [0.5, 0.6) is 0 Å². The second-order valence-electron chi connectivity index (χ2n) is 4.96. The van der Waals surface area contributed by atoms with E-state index in [0.29, 0.717) is 24.3 Å². The van der Waals surface area contributed by atoms with Crippen LogP contribution in [0.2, 0.25) is 0 Å². The molecular formula is C14H18N2O3. The highest BCUT2D eigenvalue weighted by Gasteiger charge is 2.24. The highest BCUT2D eigenvalue weighted by molar-refractivity contribution is 5.94. The SMILES string of the molecule is Nc1ccc(C(=O)N2CCC(CC(=O)O)CC2)cc1. The first kappa shape index (κ1) is 13.4. The smallest absolute Gasteiger partial charge is 0.303 e. The summed E-state index contributed by atoms with van der Waals surface area (Å²) in [7, 11) is 0. The van der Waals surface area contributed by atoms with E-state index in [1.807, 2.05) is 0 Å². The summed E-state index contributed by atoms with van der Waals surface area (Å²) in [6, 6.07) is 6.87. The Kier molecular flexibility index (Phi) is 4.04. The lowest BCUT2D eigenvalue weighted by Gasteiger charge is -2.31. The summed E-state index contributed by atoms with van der Waals surface area (Å²) < 4.78 is 0. The third-order valence-electron chi connectivity index (χ3n) is 3.52. The van der Waals surface area contributed by atoms with Crippen molar-refractivity contribution in [1.29, 1.82) is 0 Å². The largest absolute Gasteiger partial charge is 0.481 e. The number of amides is 1. The van der Waals surface area contributed by atoms with Crippen molar-refractivity contribution in [2.45, 2.75) is 19.3 Å². The summed E-state index contributed by atoms with van der Waals surface area (Å²) in [6.07, 6.45) is 1.71. The first-order valence-electron chi connectivity index (χ1n) is 6.43. The van der Waals surface area contributed by atoms with E-state index in [0.717, 1.165) is 12.8 Å². The van der Waals surface area contributed by atoms with E-state index in [1.54, 1.807) is 29.2 Å². The Morgan fingerprint density at radius 3 is 2.32 bits per heavy atom. The lowest BCUT2D eigenvalue weighted by molar-refractivity contribution is -0.138. The van der Waals surface area contributed by atoms with Gasteiger partial charge in [0, 0.05) is 30.8 Å². The molecule has 0 spiro atoms. The second-order valence-corrected chi connectivity index (χ2v) is 4.96. The predicted molar refractivity (Wildman–Crippen MR) is 71.7 cm³/mol. The molecule has 0 aromatic heterocycles. The van der Waals surface area contributed by atoms with Crippen LogP contribution in [0.3, 0.4) is 0 Å². The number of rotatable bonds is 3. The van der Waals surface area contributed by atoms with Crippen LogP contribution in [0.25, 0.3) is 0 Å². The van der Waals surface area contributed by atoms with E-state index in [1.165, 1.54) is 0 Å². The van der Waals surface area contributed by atoms with Crippen molar-refractivity contribution in [3.8, 4) is 0 Å². The van der Waals surface area contributed by atoms with Crippen molar-refractivity contribution in [2.24, 2.45) is 5.92 Å². The van der Waals surface area contributed by atoms with Crippen LogP contribution in [-0.2, 0) is 4.79 Å². The number of nitrogens with zero attached hydrogens (tertiary/aromatic N) is 1. The predicted octanol–water partition coefficient (Wildman–Crippen LogP) is 1.60. The van der Waals surface area contributed by atoms with E-state index in [-0.39, 0.29) is 18.2 Å². The summed E-state index contributed by atoms with van der Waals surface area (Å²) in [5.74, 6) is -0.579. The number of aliphatic carboxylic acids is 1. The van der Waals surface area contributed by atoms with E-state index in [2.05, 4.69) is 0 Å². The van der Waals surface area contributed by atoms with Crippen molar-refractivity contribution in [2.75, 3.05) is 18.8 Å². The minimum Gasteiger partial charge on any atom is -0.481 e. The lowest BCUT2D eigenvalue weighted by Crippen LogP contribution is -2.38. The molecule has 1 aromatic rings. The summed E-state index contributed by atoms with van der Waals surface area (Å²) in [4.78, 5) is 24.6. The monoisotopic (exact) mass is 262 g/mol. The zero-order valence-electron chi connectivity index (χ0n) is 10.7. The number of hydrogen-bond donors (Lipinski definition) is 2. The van der Waals surface area contributed by atoms with Crippen molar-refractivity contribution >= 4 is 17.6 Å². The zero-order chi connectivity index (χ0) is 13.8. The molecule has 0 unspecified atom stereocenters. The standard InChI is InChI=1S/C14H18N2O3/c15-12-3-1-11(2-4-12)14(19)16-7-5-10(6-8-16)9-13(17)18/h1-4,10H,5-9,15H2,(H,17,18). The first-order chi connectivity index (χ1) is 9.06. The summed E-state index contributed by atoms with van der Waals surface area (Å²) >= 11 is 0. The maximum absolute atomic E-state index is 12.2. The Labute approximate surface area is 112 Å². The normalized spacial score (nSPS) is 16.3. The number of carbonyl (C=O) groups excluding carboxylic acids is 1. The number of carboxylic acids is 1. The van der Waals surface area contributed by atoms with Gasteiger partial charge in [0.1, 0.15) is 0 Å². The molecule has 0 bridgehead atoms. The molecule has 1 fully saturated rings. The van der Waals surface area contributed by atoms with Crippen LogP contribution in [0.4, 0.5) is 5.69 Å². The van der Waals surface area contributed by atoms with Crippen molar-refractivity contribution in [3.63, 3.8) is 0 Å². The van der Waals surface area contributed by atoms with E-state index < -0.39 is 5.97 Å². The first-order valence-corrected chi connectivity index (χ1v) is 6.43. The van der Waals surface area contributed by atoms with Gasteiger partial charge in [-0.2, -0.15) is 0 Å². The molecule has 1 saturated heterocycles. The van der Waals surface area contributed by atoms with Gasteiger partial charge in [-0.25, -0.2) is 0 Å². The maximum atomic E-state index is 12.2. The van der Waals surface area contributed by atoms with Gasteiger partial charge in [0.05, 0.1) is 0 Å². The molecule has 1 heterocycles. The number of benzene rings is 1. The van der Waals surface area contributed by atoms with Gasteiger partial charge in [-0.05, 0) is 43.0 Å². The third kappa shape index (κ3) is 3.47. The van der Waals surface area contributed by atoms with Gasteiger partial charge in [-0.1, -0.05) is 0 Å². The average molecular weight is 262 g/mol. The summed E-state index contributed by atoms with van der Waals surface area (Å²) in [6.45, 7) is 1.25. The molecule has 1 amide bonds. The fourth-order valence-electron chi connectivity index (χ4n) is 2.40. The minimum atomic E-state index is -0.761. The molecule has 2 rings (SSSR count). The number of likely N-dealkylation sites (tertiary alicyclic amines) is 1. The van der Waals surface area contributed by atoms with Crippen LogP contribution in [0, 0.1) is 5.92 Å². The third-order valence-corrected chi connectivity index (χ3v) is 3.52. The number of nitrogens with two attached hydrogens (primary N) is 1. The van der Waals surface area contributed by atoms with Crippen LogP contribution in [0.15, 0.2) is 24.3 Å². The average Bonchev–Trinajstić information content (AvgIpc) is 2.39. The molecule has 1 aromatic carbocycles. The number of carbonyl (C=O) groups is 2. The molecule has 3 N–H and O–H groups in total. The maximum Gasteiger partial charge on any atom is 0.303 e. The Balaban J connectivity index is 1.92. The lowest BCUT2D eigenvalue weighted by atomic mass is 9.93. The van der Waals surface area contributed by atoms with Gasteiger partial charge in [-0.3, -0.25) is 9.59 Å². The van der Waals surface area contributed by atoms with Gasteiger partial charge in [0.25, 0.3) is 5.91 Å². The second kappa shape index (κ2) is 5.73. The Morgan fingerprint density at radius 2 is 1.79 bits per heavy atom. The highest BCUT2D eigenvalue weighted by Crippen LogP contribution is 2.22. The van der Waals surface area contributed by atoms with Crippen molar-refractivity contribution in [3.05, 3.63) is 29.8 Å². The number of piperidine rings is 1. The zero-order valence-corrected chi connectivity index (χ0v) is 10.7. The number of carboxylic acid groups (broad SMARTS) is 1. The van der Waals surface area contributed by atoms with Crippen LogP contribution in [0.1, 0.15) is 29.6 Å². The number of hydrogen-bond acceptors (Lipinski definition) is 3. The van der Waals surface area contributed by atoms with Crippen LogP contribution >= 0.6 is 0 Å². The summed E-state index contributed by atoms with van der Waals surface area (Å²) in [5.41, 5.74) is 6.86. The molecule has 0 aliphatic carbocycles. The van der Waals surface area contributed by atoms with Gasteiger partial charge >= 0.3 is 5.97 Å². The summed E-state index contributed by atoms with van der Waals surface area (Å²) in [5, 5.41) is 8.75. The molecular weight excluding hydrogens is 244 g/mol. The van der Waals surface area contributed by atoms with Gasteiger partial charge in [0.2, 0.25) is 0 Å². The number of nitrogen functional groups attached to an aromatic ring is 1. The molecule has 0 atom stereocenters. The quantitative estimate of drug-likeness (QED) is 0.810. The Morgan fingerprint density at radius 1 is 1.21 bits per heavy atom. The minimum absolute atomic E-state index is 0.00576. The molecule has 0 saturated carbocycles. The van der Waals surface area contributed by atoms with Gasteiger partial charge < -0.3 is 15.7 Å². The topological polar surface area (TPSA) is 83.6 Å². The van der Waals surface area contributed by atoms with E-state index in [9.17, 15) is 9.59 Å². The molecule has 19 heavy (non-hydrogen) atoms. The number of anilines is 1. The molecule has 1 aliphatic heterocycles. The Bertz CT molecular complexity index is 462. The van der Waals surface area contributed by atoms with Gasteiger partial charge in [-0.15, -0.1) is 0 Å². The molecule has 1 aliphatic rings. The molecule has 5 nitrogen and oxygen atoms in total. The fourth-order valence-corrected chi connectivity index (χ4v) is 2.40.